The van der Waals surface area contributed by atoms with Gasteiger partial charge in [-0.3, -0.25) is 14.5 Å². The van der Waals surface area contributed by atoms with Crippen molar-refractivity contribution in [3.05, 3.63) is 52.5 Å². The lowest BCUT2D eigenvalue weighted by atomic mass is 10.1. The Labute approximate surface area is 149 Å². The second-order valence-electron chi connectivity index (χ2n) is 6.05. The van der Waals surface area contributed by atoms with E-state index < -0.39 is 5.97 Å². The Balaban J connectivity index is 1.93. The summed E-state index contributed by atoms with van der Waals surface area (Å²) in [5.41, 5.74) is 1.77. The third kappa shape index (κ3) is 2.95. The maximum Gasteiger partial charge on any atom is 0.337 e. The largest absolute Gasteiger partial charge is 0.478 e. The van der Waals surface area contributed by atoms with E-state index in [9.17, 15) is 19.5 Å². The normalized spacial score (nSPS) is 25.1. The number of nitrogens with zero attached hydrogens (tertiary/aromatic N) is 2. The van der Waals surface area contributed by atoms with Gasteiger partial charge < -0.3 is 10.0 Å². The molecular formula is C18H18N2O4S. The summed E-state index contributed by atoms with van der Waals surface area (Å²) in [7, 11) is 1.46. The van der Waals surface area contributed by atoms with Crippen LogP contribution in [0.4, 0.5) is 10.5 Å². The summed E-state index contributed by atoms with van der Waals surface area (Å²) >= 11 is 0.922. The number of thioether (sulfide) groups is 1. The molecule has 1 N–H and O–H groups in total. The second-order valence-corrected chi connectivity index (χ2v) is 7.05. The fraction of sp³-hybridized carbons (Fsp3) is 0.278. The maximum atomic E-state index is 12.1. The van der Waals surface area contributed by atoms with Crippen LogP contribution in [0.5, 0.6) is 0 Å². The molecule has 25 heavy (non-hydrogen) atoms. The summed E-state index contributed by atoms with van der Waals surface area (Å²) in [6.45, 7) is 3.93. The Morgan fingerprint density at radius 2 is 1.92 bits per heavy atom. The first-order valence-electron chi connectivity index (χ1n) is 7.85. The minimum Gasteiger partial charge on any atom is -0.478 e. The molecule has 2 amide bonds. The van der Waals surface area contributed by atoms with Crippen LogP contribution in [-0.4, -0.2) is 46.3 Å². The van der Waals surface area contributed by atoms with E-state index in [-0.39, 0.29) is 28.8 Å². The average Bonchev–Trinajstić information content (AvgIpc) is 2.98. The van der Waals surface area contributed by atoms with E-state index in [0.29, 0.717) is 10.6 Å². The summed E-state index contributed by atoms with van der Waals surface area (Å²) in [4.78, 5) is 38.8. The fourth-order valence-electron chi connectivity index (χ4n) is 3.18. The van der Waals surface area contributed by atoms with Crippen LogP contribution in [0.3, 0.4) is 0 Å². The molecule has 7 heteroatoms. The highest BCUT2D eigenvalue weighted by Crippen LogP contribution is 2.36. The van der Waals surface area contributed by atoms with E-state index in [1.165, 1.54) is 7.05 Å². The van der Waals surface area contributed by atoms with Crippen molar-refractivity contribution in [3.8, 4) is 0 Å². The third-order valence-corrected chi connectivity index (χ3v) is 5.43. The Morgan fingerprint density at radius 3 is 2.52 bits per heavy atom. The Morgan fingerprint density at radius 1 is 1.24 bits per heavy atom. The van der Waals surface area contributed by atoms with Crippen LogP contribution >= 0.6 is 11.8 Å². The molecule has 1 saturated heterocycles. The van der Waals surface area contributed by atoms with Gasteiger partial charge in [0.2, 0.25) is 0 Å². The molecule has 0 saturated carbocycles. The zero-order chi connectivity index (χ0) is 18.3. The Kier molecular flexibility index (Phi) is 4.43. The molecular weight excluding hydrogens is 340 g/mol. The summed E-state index contributed by atoms with van der Waals surface area (Å²) in [5.74, 6) is -1.28. The number of aromatic carboxylic acids is 1. The SMILES string of the molecule is CC1C=C(/C=C2\SC(=O)N(C)C2=O)C(C)N1c1ccccc1C(=O)O. The molecule has 1 aromatic rings. The standard InChI is InChI=1S/C18H18N2O4S/c1-10-8-12(9-15-16(21)19(3)18(24)25-15)11(2)20(10)14-7-5-4-6-13(14)17(22)23/h4-11H,1-3H3,(H,22,23)/b15-9-. The second kappa shape index (κ2) is 6.40. The first-order valence-corrected chi connectivity index (χ1v) is 8.67. The van der Waals surface area contributed by atoms with Crippen LogP contribution in [0.25, 0.3) is 0 Å². The monoisotopic (exact) mass is 358 g/mol. The van der Waals surface area contributed by atoms with Crippen molar-refractivity contribution in [1.29, 1.82) is 0 Å². The van der Waals surface area contributed by atoms with Crippen LogP contribution in [0.2, 0.25) is 0 Å². The number of para-hydroxylation sites is 1. The minimum absolute atomic E-state index is 0.0303. The Bertz CT molecular complexity index is 830. The lowest BCUT2D eigenvalue weighted by Gasteiger charge is -2.31. The molecule has 1 fully saturated rings. The third-order valence-electron chi connectivity index (χ3n) is 4.47. The van der Waals surface area contributed by atoms with Gasteiger partial charge in [-0.15, -0.1) is 0 Å². The van der Waals surface area contributed by atoms with Crippen LogP contribution in [0.1, 0.15) is 24.2 Å². The van der Waals surface area contributed by atoms with Gasteiger partial charge in [0.15, 0.2) is 0 Å². The van der Waals surface area contributed by atoms with Crippen LogP contribution in [-0.2, 0) is 4.79 Å². The number of rotatable bonds is 3. The van der Waals surface area contributed by atoms with Crippen molar-refractivity contribution >= 4 is 34.6 Å². The molecule has 3 rings (SSSR count). The van der Waals surface area contributed by atoms with Gasteiger partial charge in [-0.05, 0) is 49.4 Å². The molecule has 0 bridgehead atoms. The molecule has 0 aromatic heterocycles. The van der Waals surface area contributed by atoms with E-state index in [0.717, 1.165) is 22.2 Å². The molecule has 1 aromatic carbocycles. The molecule has 0 aliphatic carbocycles. The van der Waals surface area contributed by atoms with Gasteiger partial charge >= 0.3 is 5.97 Å². The highest BCUT2D eigenvalue weighted by Gasteiger charge is 2.35. The van der Waals surface area contributed by atoms with Crippen LogP contribution < -0.4 is 4.90 Å². The summed E-state index contributed by atoms with van der Waals surface area (Å²) in [6.07, 6.45) is 3.73. The van der Waals surface area contributed by atoms with Crippen LogP contribution in [0.15, 0.2) is 46.9 Å². The lowest BCUT2D eigenvalue weighted by Crippen LogP contribution is -2.35. The number of hydrogen-bond acceptors (Lipinski definition) is 5. The van der Waals surface area contributed by atoms with Gasteiger partial charge in [-0.1, -0.05) is 18.2 Å². The number of amides is 2. The number of carbonyl (C=O) groups excluding carboxylic acids is 2. The predicted molar refractivity (Wildman–Crippen MR) is 96.7 cm³/mol. The molecule has 2 heterocycles. The first kappa shape index (κ1) is 17.3. The molecule has 2 aliphatic rings. The van der Waals surface area contributed by atoms with Gasteiger partial charge in [-0.2, -0.15) is 0 Å². The van der Waals surface area contributed by atoms with Crippen molar-refractivity contribution in [2.45, 2.75) is 25.9 Å². The molecule has 2 unspecified atom stereocenters. The molecule has 0 radical (unpaired) electrons. The summed E-state index contributed by atoms with van der Waals surface area (Å²) < 4.78 is 0. The topological polar surface area (TPSA) is 77.9 Å². The molecule has 2 atom stereocenters. The number of benzene rings is 1. The summed E-state index contributed by atoms with van der Waals surface area (Å²) in [6, 6.07) is 6.73. The van der Waals surface area contributed by atoms with E-state index in [2.05, 4.69) is 0 Å². The van der Waals surface area contributed by atoms with Crippen molar-refractivity contribution in [1.82, 2.24) is 4.90 Å². The first-order chi connectivity index (χ1) is 11.8. The number of hydrogen-bond donors (Lipinski definition) is 1. The van der Waals surface area contributed by atoms with E-state index in [1.54, 1.807) is 24.3 Å². The van der Waals surface area contributed by atoms with Gasteiger partial charge in [0.05, 0.1) is 22.2 Å². The number of imide groups is 1. The molecule has 130 valence electrons. The van der Waals surface area contributed by atoms with E-state index in [1.807, 2.05) is 30.9 Å². The van der Waals surface area contributed by atoms with E-state index in [4.69, 9.17) is 0 Å². The minimum atomic E-state index is -0.976. The number of carboxylic acids is 1. The van der Waals surface area contributed by atoms with Gasteiger partial charge in [-0.25, -0.2) is 4.79 Å². The van der Waals surface area contributed by atoms with E-state index >= 15 is 0 Å². The fourth-order valence-corrected chi connectivity index (χ4v) is 4.01. The smallest absolute Gasteiger partial charge is 0.337 e. The summed E-state index contributed by atoms with van der Waals surface area (Å²) in [5, 5.41) is 9.15. The highest BCUT2D eigenvalue weighted by molar-refractivity contribution is 8.18. The maximum absolute atomic E-state index is 12.1. The zero-order valence-electron chi connectivity index (χ0n) is 14.1. The zero-order valence-corrected chi connectivity index (χ0v) is 14.9. The van der Waals surface area contributed by atoms with Crippen molar-refractivity contribution in [2.75, 3.05) is 11.9 Å². The molecule has 6 nitrogen and oxygen atoms in total. The number of carboxylic acid groups (broad SMARTS) is 1. The highest BCUT2D eigenvalue weighted by atomic mass is 32.2. The van der Waals surface area contributed by atoms with Gasteiger partial charge in [0.1, 0.15) is 0 Å². The average molecular weight is 358 g/mol. The van der Waals surface area contributed by atoms with Crippen molar-refractivity contribution in [3.63, 3.8) is 0 Å². The Hall–Kier alpha value is -2.54. The molecule has 2 aliphatic heterocycles. The van der Waals surface area contributed by atoms with Gasteiger partial charge in [0.25, 0.3) is 11.1 Å². The van der Waals surface area contributed by atoms with Crippen molar-refractivity contribution < 1.29 is 19.5 Å². The van der Waals surface area contributed by atoms with Crippen LogP contribution in [0, 0.1) is 0 Å². The quantitative estimate of drug-likeness (QED) is 0.837. The van der Waals surface area contributed by atoms with Gasteiger partial charge in [0, 0.05) is 13.1 Å². The molecule has 0 spiro atoms. The van der Waals surface area contributed by atoms with Crippen molar-refractivity contribution in [2.24, 2.45) is 0 Å². The lowest BCUT2D eigenvalue weighted by molar-refractivity contribution is -0.121. The number of likely N-dealkylation sites (N-methyl/N-ethyl adjacent to an activating group) is 1. The number of anilines is 1. The predicted octanol–water partition coefficient (Wildman–Crippen LogP) is 3.12. The number of carbonyl (C=O) groups is 3.